The zero-order chi connectivity index (χ0) is 17.6. The molecule has 1 N–H and O–H groups in total. The second-order valence-electron chi connectivity index (χ2n) is 5.81. The Hall–Kier alpha value is -2.95. The van der Waals surface area contributed by atoms with Gasteiger partial charge in [-0.1, -0.05) is 48.5 Å². The molecule has 3 rings (SSSR count). The first-order valence-electron chi connectivity index (χ1n) is 8.32. The van der Waals surface area contributed by atoms with E-state index in [0.717, 1.165) is 16.8 Å². The maximum Gasteiger partial charge on any atom is 0.331 e. The maximum atomic E-state index is 12.2. The molecule has 1 unspecified atom stereocenters. The van der Waals surface area contributed by atoms with Crippen LogP contribution in [0.2, 0.25) is 0 Å². The molecule has 1 aliphatic heterocycles. The molecule has 0 aliphatic carbocycles. The van der Waals surface area contributed by atoms with Gasteiger partial charge in [0.05, 0.1) is 6.61 Å². The smallest absolute Gasteiger partial charge is 0.331 e. The minimum atomic E-state index is -0.664. The average molecular weight is 336 g/mol. The van der Waals surface area contributed by atoms with E-state index in [1.54, 1.807) is 13.1 Å². The Morgan fingerprint density at radius 1 is 1.20 bits per heavy atom. The quantitative estimate of drug-likeness (QED) is 0.651. The van der Waals surface area contributed by atoms with Gasteiger partial charge in [-0.25, -0.2) is 4.79 Å². The van der Waals surface area contributed by atoms with E-state index in [-0.39, 0.29) is 11.9 Å². The van der Waals surface area contributed by atoms with Crippen LogP contribution in [-0.2, 0) is 20.7 Å². The lowest BCUT2D eigenvalue weighted by molar-refractivity contribution is -0.144. The molecular weight excluding hydrogens is 316 g/mol. The summed E-state index contributed by atoms with van der Waals surface area (Å²) < 4.78 is 5.13. The van der Waals surface area contributed by atoms with Crippen molar-refractivity contribution in [2.24, 2.45) is 4.99 Å². The number of ether oxygens (including phenoxy) is 1. The third-order valence-corrected chi connectivity index (χ3v) is 4.08. The molecule has 0 saturated carbocycles. The lowest BCUT2D eigenvalue weighted by atomic mass is 10.0. The largest absolute Gasteiger partial charge is 0.464 e. The predicted octanol–water partition coefficient (Wildman–Crippen LogP) is 2.97. The molecule has 5 nitrogen and oxygen atoms in total. The van der Waals surface area contributed by atoms with Crippen molar-refractivity contribution in [3.63, 3.8) is 0 Å². The van der Waals surface area contributed by atoms with Gasteiger partial charge < -0.3 is 10.1 Å². The Kier molecular flexibility index (Phi) is 5.23. The van der Waals surface area contributed by atoms with Crippen LogP contribution in [0.25, 0.3) is 0 Å². The van der Waals surface area contributed by atoms with Crippen LogP contribution >= 0.6 is 0 Å². The number of esters is 1. The van der Waals surface area contributed by atoms with Crippen LogP contribution in [0.5, 0.6) is 0 Å². The number of aliphatic imine (C=N–C) groups is 1. The maximum absolute atomic E-state index is 12.2. The molecule has 1 amide bonds. The van der Waals surface area contributed by atoms with Crippen LogP contribution in [0.1, 0.15) is 24.0 Å². The Morgan fingerprint density at radius 3 is 2.68 bits per heavy atom. The van der Waals surface area contributed by atoms with Crippen molar-refractivity contribution >= 4 is 23.8 Å². The van der Waals surface area contributed by atoms with Crippen molar-refractivity contribution in [1.29, 1.82) is 0 Å². The molecule has 0 aromatic heterocycles. The number of benzene rings is 2. The highest BCUT2D eigenvalue weighted by molar-refractivity contribution is 6.12. The molecule has 5 heteroatoms. The third kappa shape index (κ3) is 3.94. The number of hydrogen-bond donors (Lipinski definition) is 1. The fourth-order valence-electron chi connectivity index (χ4n) is 2.84. The fourth-order valence-corrected chi connectivity index (χ4v) is 2.84. The Bertz CT molecular complexity index is 787. The molecule has 0 fully saturated rings. The van der Waals surface area contributed by atoms with Crippen LogP contribution in [-0.4, -0.2) is 30.7 Å². The number of carbonyl (C=O) groups excluding carboxylic acids is 2. The van der Waals surface area contributed by atoms with E-state index >= 15 is 0 Å². The lowest BCUT2D eigenvalue weighted by Gasteiger charge is -2.12. The van der Waals surface area contributed by atoms with E-state index < -0.39 is 12.0 Å². The Labute approximate surface area is 146 Å². The van der Waals surface area contributed by atoms with Gasteiger partial charge >= 0.3 is 5.97 Å². The van der Waals surface area contributed by atoms with Crippen molar-refractivity contribution in [3.05, 3.63) is 65.7 Å². The summed E-state index contributed by atoms with van der Waals surface area (Å²) >= 11 is 0. The van der Waals surface area contributed by atoms with Crippen molar-refractivity contribution in [3.8, 4) is 0 Å². The predicted molar refractivity (Wildman–Crippen MR) is 96.9 cm³/mol. The SMILES string of the molecule is CCOC(=O)[C@H](Cc1ccccc1)N=CC1C(=O)Nc2ccccc21. The highest BCUT2D eigenvalue weighted by atomic mass is 16.5. The first-order valence-corrected chi connectivity index (χ1v) is 8.32. The molecule has 2 aromatic carbocycles. The van der Waals surface area contributed by atoms with E-state index in [2.05, 4.69) is 10.3 Å². The van der Waals surface area contributed by atoms with E-state index in [1.807, 2.05) is 54.6 Å². The Morgan fingerprint density at radius 2 is 1.92 bits per heavy atom. The van der Waals surface area contributed by atoms with Gasteiger partial charge in [0.2, 0.25) is 5.91 Å². The minimum Gasteiger partial charge on any atom is -0.464 e. The second-order valence-corrected chi connectivity index (χ2v) is 5.81. The van der Waals surface area contributed by atoms with Crippen LogP contribution in [0.4, 0.5) is 5.69 Å². The molecule has 0 spiro atoms. The Balaban J connectivity index is 1.81. The van der Waals surface area contributed by atoms with Crippen molar-refractivity contribution in [2.45, 2.75) is 25.3 Å². The van der Waals surface area contributed by atoms with E-state index in [9.17, 15) is 9.59 Å². The van der Waals surface area contributed by atoms with Gasteiger partial charge in [0.1, 0.15) is 5.92 Å². The molecule has 25 heavy (non-hydrogen) atoms. The summed E-state index contributed by atoms with van der Waals surface area (Å²) in [6, 6.07) is 16.5. The fraction of sp³-hybridized carbons (Fsp3) is 0.250. The molecule has 128 valence electrons. The number of carbonyl (C=O) groups is 2. The highest BCUT2D eigenvalue weighted by Crippen LogP contribution is 2.30. The second kappa shape index (κ2) is 7.75. The molecule has 0 bridgehead atoms. The van der Waals surface area contributed by atoms with Crippen molar-refractivity contribution in [2.75, 3.05) is 11.9 Å². The van der Waals surface area contributed by atoms with E-state index in [4.69, 9.17) is 4.74 Å². The van der Waals surface area contributed by atoms with E-state index in [0.29, 0.717) is 13.0 Å². The summed E-state index contributed by atoms with van der Waals surface area (Å²) in [5.41, 5.74) is 2.66. The van der Waals surface area contributed by atoms with Gasteiger partial charge in [-0.15, -0.1) is 0 Å². The molecule has 2 atom stereocenters. The summed E-state index contributed by atoms with van der Waals surface area (Å²) in [7, 11) is 0. The molecule has 0 saturated heterocycles. The number of para-hydroxylation sites is 1. The molecule has 0 radical (unpaired) electrons. The van der Waals surface area contributed by atoms with Crippen LogP contribution in [0.3, 0.4) is 0 Å². The third-order valence-electron chi connectivity index (χ3n) is 4.08. The first kappa shape index (κ1) is 16.9. The number of nitrogens with one attached hydrogen (secondary N) is 1. The summed E-state index contributed by atoms with van der Waals surface area (Å²) in [4.78, 5) is 28.8. The minimum absolute atomic E-state index is 0.132. The zero-order valence-electron chi connectivity index (χ0n) is 14.0. The van der Waals surface area contributed by atoms with Crippen LogP contribution in [0, 0.1) is 0 Å². The molecule has 1 aliphatic rings. The standard InChI is InChI=1S/C20H20N2O3/c1-2-25-20(24)18(12-14-8-4-3-5-9-14)21-13-16-15-10-6-7-11-17(15)22-19(16)23/h3-11,13,16,18H,2,12H2,1H3,(H,22,23)/t16?,18-/m0/s1. The monoisotopic (exact) mass is 336 g/mol. The zero-order valence-corrected chi connectivity index (χ0v) is 14.0. The number of fused-ring (bicyclic) bond motifs is 1. The number of nitrogens with zero attached hydrogens (tertiary/aromatic N) is 1. The molecule has 1 heterocycles. The number of rotatable bonds is 6. The summed E-state index contributed by atoms with van der Waals surface area (Å²) in [5, 5.41) is 2.83. The topological polar surface area (TPSA) is 67.8 Å². The van der Waals surface area contributed by atoms with Crippen molar-refractivity contribution in [1.82, 2.24) is 0 Å². The average Bonchev–Trinajstić information content (AvgIpc) is 2.95. The highest BCUT2D eigenvalue weighted by Gasteiger charge is 2.29. The summed E-state index contributed by atoms with van der Waals surface area (Å²) in [6.45, 7) is 2.06. The normalized spacial score (nSPS) is 17.2. The van der Waals surface area contributed by atoms with Gasteiger partial charge in [0.15, 0.2) is 6.04 Å². The first-order chi connectivity index (χ1) is 12.2. The molecular formula is C20H20N2O3. The lowest BCUT2D eigenvalue weighted by Crippen LogP contribution is -2.25. The number of amides is 1. The number of anilines is 1. The number of hydrogen-bond acceptors (Lipinski definition) is 4. The van der Waals surface area contributed by atoms with Crippen LogP contribution in [0.15, 0.2) is 59.6 Å². The van der Waals surface area contributed by atoms with Gasteiger partial charge in [-0.05, 0) is 24.1 Å². The summed E-state index contributed by atoms with van der Waals surface area (Å²) in [6.07, 6.45) is 2.00. The summed E-state index contributed by atoms with van der Waals surface area (Å²) in [5.74, 6) is -0.995. The van der Waals surface area contributed by atoms with Gasteiger partial charge in [0, 0.05) is 18.3 Å². The van der Waals surface area contributed by atoms with Gasteiger partial charge in [-0.2, -0.15) is 0 Å². The van der Waals surface area contributed by atoms with Crippen LogP contribution < -0.4 is 5.32 Å². The van der Waals surface area contributed by atoms with Gasteiger partial charge in [0.25, 0.3) is 0 Å². The van der Waals surface area contributed by atoms with Gasteiger partial charge in [-0.3, -0.25) is 9.79 Å². The van der Waals surface area contributed by atoms with E-state index in [1.165, 1.54) is 0 Å². The molecule has 2 aromatic rings. The van der Waals surface area contributed by atoms with Crippen molar-refractivity contribution < 1.29 is 14.3 Å².